The fourth-order valence-corrected chi connectivity index (χ4v) is 2.58. The predicted molar refractivity (Wildman–Crippen MR) is 77.8 cm³/mol. The van der Waals surface area contributed by atoms with E-state index in [-0.39, 0.29) is 11.9 Å². The molecule has 0 amide bonds. The average Bonchev–Trinajstić information content (AvgIpc) is 3.07. The summed E-state index contributed by atoms with van der Waals surface area (Å²) in [5.41, 5.74) is 0.824. The molecule has 0 radical (unpaired) electrons. The number of aromatic nitrogens is 3. The fourth-order valence-electron chi connectivity index (χ4n) is 2.58. The van der Waals surface area contributed by atoms with Crippen LogP contribution in [-0.4, -0.2) is 21.4 Å². The molecule has 3 rings (SSSR count). The van der Waals surface area contributed by atoms with Crippen LogP contribution in [0.4, 0.5) is 4.39 Å². The van der Waals surface area contributed by atoms with E-state index in [2.05, 4.69) is 23.9 Å². The Hall–Kier alpha value is -1.75. The molecule has 1 atom stereocenters. The zero-order valence-electron chi connectivity index (χ0n) is 12.4. The summed E-state index contributed by atoms with van der Waals surface area (Å²) < 4.78 is 20.7. The molecule has 21 heavy (non-hydrogen) atoms. The Labute approximate surface area is 124 Å². The van der Waals surface area contributed by atoms with Gasteiger partial charge in [0.25, 0.3) is 0 Å². The van der Waals surface area contributed by atoms with E-state index < -0.39 is 0 Å². The Bertz CT molecular complexity index is 600. The third kappa shape index (κ3) is 3.13. The Morgan fingerprint density at radius 2 is 2.10 bits per heavy atom. The second kappa shape index (κ2) is 5.93. The molecule has 2 heterocycles. The summed E-state index contributed by atoms with van der Waals surface area (Å²) in [7, 11) is 0. The molecule has 1 aliphatic heterocycles. The van der Waals surface area contributed by atoms with Gasteiger partial charge in [-0.05, 0) is 43.0 Å². The van der Waals surface area contributed by atoms with Gasteiger partial charge in [0.1, 0.15) is 11.9 Å². The number of benzene rings is 1. The minimum Gasteiger partial charge on any atom is -0.370 e. The maximum atomic E-state index is 13.1. The number of rotatable bonds is 4. The highest BCUT2D eigenvalue weighted by Crippen LogP contribution is 2.29. The zero-order chi connectivity index (χ0) is 14.8. The summed E-state index contributed by atoms with van der Waals surface area (Å²) >= 11 is 0. The van der Waals surface area contributed by atoms with Crippen molar-refractivity contribution in [3.63, 3.8) is 0 Å². The number of hydrogen-bond donors (Lipinski definition) is 0. The monoisotopic (exact) mass is 289 g/mol. The van der Waals surface area contributed by atoms with Crippen LogP contribution in [0.1, 0.15) is 44.4 Å². The van der Waals surface area contributed by atoms with Crippen molar-refractivity contribution in [2.75, 3.05) is 6.61 Å². The minimum absolute atomic E-state index is 0.0107. The summed E-state index contributed by atoms with van der Waals surface area (Å²) in [6.07, 6.45) is 2.82. The topological polar surface area (TPSA) is 39.9 Å². The number of halogens is 1. The van der Waals surface area contributed by atoms with Crippen molar-refractivity contribution in [1.82, 2.24) is 14.8 Å². The van der Waals surface area contributed by atoms with Crippen molar-refractivity contribution in [2.24, 2.45) is 5.92 Å². The van der Waals surface area contributed by atoms with Crippen molar-refractivity contribution in [3.8, 4) is 5.69 Å². The lowest BCUT2D eigenvalue weighted by molar-refractivity contribution is 0.103. The summed E-state index contributed by atoms with van der Waals surface area (Å²) in [6.45, 7) is 5.05. The molecule has 0 saturated carbocycles. The second-order valence-corrected chi connectivity index (χ2v) is 5.87. The van der Waals surface area contributed by atoms with Gasteiger partial charge in [0.15, 0.2) is 11.6 Å². The van der Waals surface area contributed by atoms with Crippen molar-refractivity contribution in [1.29, 1.82) is 0 Å². The number of nitrogens with zero attached hydrogens (tertiary/aromatic N) is 3. The number of ether oxygens (including phenoxy) is 1. The highest BCUT2D eigenvalue weighted by atomic mass is 19.1. The van der Waals surface area contributed by atoms with Crippen LogP contribution < -0.4 is 0 Å². The van der Waals surface area contributed by atoms with Crippen LogP contribution >= 0.6 is 0 Å². The Kier molecular flexibility index (Phi) is 4.01. The molecule has 1 saturated heterocycles. The zero-order valence-corrected chi connectivity index (χ0v) is 12.4. The molecule has 112 valence electrons. The van der Waals surface area contributed by atoms with Gasteiger partial charge in [-0.2, -0.15) is 5.10 Å². The first-order valence-electron chi connectivity index (χ1n) is 7.47. The summed E-state index contributed by atoms with van der Waals surface area (Å²) in [5.74, 6) is 1.89. The quantitative estimate of drug-likeness (QED) is 0.865. The molecule has 2 aromatic rings. The molecule has 1 aromatic carbocycles. The minimum atomic E-state index is -0.250. The van der Waals surface area contributed by atoms with Gasteiger partial charge in [-0.3, -0.25) is 0 Å². The van der Waals surface area contributed by atoms with Crippen molar-refractivity contribution >= 4 is 0 Å². The van der Waals surface area contributed by atoms with E-state index in [0.29, 0.717) is 5.92 Å². The molecule has 0 unspecified atom stereocenters. The molecule has 0 N–H and O–H groups in total. The van der Waals surface area contributed by atoms with Gasteiger partial charge in [-0.25, -0.2) is 14.1 Å². The summed E-state index contributed by atoms with van der Waals surface area (Å²) in [5, 5.41) is 4.60. The molecular weight excluding hydrogens is 269 g/mol. The normalized spacial score (nSPS) is 18.6. The smallest absolute Gasteiger partial charge is 0.161 e. The van der Waals surface area contributed by atoms with Crippen LogP contribution in [0.15, 0.2) is 24.3 Å². The van der Waals surface area contributed by atoms with Gasteiger partial charge in [0.05, 0.1) is 5.69 Å². The summed E-state index contributed by atoms with van der Waals surface area (Å²) in [6, 6.07) is 6.33. The molecule has 4 nitrogen and oxygen atoms in total. The van der Waals surface area contributed by atoms with Gasteiger partial charge in [-0.1, -0.05) is 13.8 Å². The van der Waals surface area contributed by atoms with Gasteiger partial charge < -0.3 is 4.74 Å². The first-order valence-corrected chi connectivity index (χ1v) is 7.47. The lowest BCUT2D eigenvalue weighted by Gasteiger charge is -2.10. The predicted octanol–water partition coefficient (Wildman–Crippen LogP) is 3.46. The second-order valence-electron chi connectivity index (χ2n) is 5.87. The first kappa shape index (κ1) is 14.2. The van der Waals surface area contributed by atoms with Crippen molar-refractivity contribution < 1.29 is 9.13 Å². The first-order chi connectivity index (χ1) is 10.1. The van der Waals surface area contributed by atoms with E-state index in [1.165, 1.54) is 12.1 Å². The molecule has 0 spiro atoms. The largest absolute Gasteiger partial charge is 0.370 e. The highest BCUT2D eigenvalue weighted by Gasteiger charge is 2.25. The van der Waals surface area contributed by atoms with Crippen LogP contribution in [0.2, 0.25) is 0 Å². The van der Waals surface area contributed by atoms with Gasteiger partial charge in [0.2, 0.25) is 0 Å². The van der Waals surface area contributed by atoms with E-state index in [1.54, 1.807) is 16.8 Å². The van der Waals surface area contributed by atoms with Crippen molar-refractivity contribution in [3.05, 3.63) is 41.7 Å². The molecule has 1 aromatic heterocycles. The van der Waals surface area contributed by atoms with Crippen LogP contribution in [0.3, 0.4) is 0 Å². The van der Waals surface area contributed by atoms with Gasteiger partial charge in [0, 0.05) is 13.0 Å². The van der Waals surface area contributed by atoms with Crippen LogP contribution in [0.5, 0.6) is 0 Å². The van der Waals surface area contributed by atoms with E-state index in [9.17, 15) is 4.39 Å². The lowest BCUT2D eigenvalue weighted by atomic mass is 10.1. The molecule has 1 aliphatic rings. The maximum Gasteiger partial charge on any atom is 0.161 e. The molecule has 0 aliphatic carbocycles. The Morgan fingerprint density at radius 1 is 1.33 bits per heavy atom. The fraction of sp³-hybridized carbons (Fsp3) is 0.500. The van der Waals surface area contributed by atoms with E-state index in [4.69, 9.17) is 4.74 Å². The molecular formula is C16H20FN3O. The van der Waals surface area contributed by atoms with E-state index in [0.717, 1.165) is 43.2 Å². The van der Waals surface area contributed by atoms with Crippen molar-refractivity contribution in [2.45, 2.75) is 39.2 Å². The maximum absolute atomic E-state index is 13.1. The van der Waals surface area contributed by atoms with Gasteiger partial charge >= 0.3 is 0 Å². The third-order valence-electron chi connectivity index (χ3n) is 3.56. The highest BCUT2D eigenvalue weighted by molar-refractivity contribution is 5.32. The third-order valence-corrected chi connectivity index (χ3v) is 3.56. The molecule has 1 fully saturated rings. The van der Waals surface area contributed by atoms with Crippen LogP contribution in [0.25, 0.3) is 5.69 Å². The SMILES string of the molecule is CC(C)Cc1nc([C@@H]2CCCO2)n(-c2ccc(F)cc2)n1. The summed E-state index contributed by atoms with van der Waals surface area (Å²) in [4.78, 5) is 4.66. The van der Waals surface area contributed by atoms with E-state index >= 15 is 0 Å². The lowest BCUT2D eigenvalue weighted by Crippen LogP contribution is -2.08. The Balaban J connectivity index is 1.99. The van der Waals surface area contributed by atoms with Gasteiger partial charge in [-0.15, -0.1) is 0 Å². The number of hydrogen-bond acceptors (Lipinski definition) is 3. The van der Waals surface area contributed by atoms with Crippen LogP contribution in [0, 0.1) is 11.7 Å². The molecule has 5 heteroatoms. The Morgan fingerprint density at radius 3 is 2.71 bits per heavy atom. The molecule has 0 bridgehead atoms. The standard InChI is InChI=1S/C16H20FN3O/c1-11(2)10-15-18-16(14-4-3-9-21-14)20(19-15)13-7-5-12(17)6-8-13/h5-8,11,14H,3-4,9-10H2,1-2H3/t14-/m0/s1. The van der Waals surface area contributed by atoms with E-state index in [1.807, 2.05) is 0 Å². The average molecular weight is 289 g/mol. The van der Waals surface area contributed by atoms with Crippen LogP contribution in [-0.2, 0) is 11.2 Å².